The average Bonchev–Trinajstić information content (AvgIpc) is 2.53. The lowest BCUT2D eigenvalue weighted by atomic mass is 10.0. The molecular formula is C16H17Cl2N3. The van der Waals surface area contributed by atoms with Crippen LogP contribution in [0.25, 0.3) is 0 Å². The molecule has 0 saturated carbocycles. The Morgan fingerprint density at radius 2 is 1.71 bits per heavy atom. The fourth-order valence-electron chi connectivity index (χ4n) is 2.63. The second-order valence-corrected chi connectivity index (χ2v) is 6.00. The van der Waals surface area contributed by atoms with Gasteiger partial charge in [-0.2, -0.15) is 0 Å². The predicted octanol–water partition coefficient (Wildman–Crippen LogP) is 4.47. The lowest BCUT2D eigenvalue weighted by molar-refractivity contribution is 0.523. The van der Waals surface area contributed by atoms with Gasteiger partial charge in [0, 0.05) is 25.3 Å². The molecule has 0 aliphatic carbocycles. The van der Waals surface area contributed by atoms with Gasteiger partial charge in [-0.15, -0.1) is 0 Å². The third-order valence-corrected chi connectivity index (χ3v) is 4.41. The van der Waals surface area contributed by atoms with E-state index in [2.05, 4.69) is 21.3 Å². The zero-order valence-electron chi connectivity index (χ0n) is 11.6. The molecule has 0 spiro atoms. The first kappa shape index (κ1) is 14.5. The summed E-state index contributed by atoms with van der Waals surface area (Å²) in [5.41, 5.74) is 0.845. The Balaban J connectivity index is 1.62. The molecule has 1 aliphatic heterocycles. The van der Waals surface area contributed by atoms with Crippen molar-refractivity contribution < 1.29 is 0 Å². The monoisotopic (exact) mass is 321 g/mol. The molecule has 3 nitrogen and oxygen atoms in total. The minimum Gasteiger partial charge on any atom is -0.380 e. The van der Waals surface area contributed by atoms with Crippen LogP contribution in [0.4, 0.5) is 11.5 Å². The first-order valence-corrected chi connectivity index (χ1v) is 7.86. The first-order chi connectivity index (χ1) is 10.2. The SMILES string of the molecule is Clc1cccc(Cl)c1NC1CCN(c2ccccn2)CC1. The molecule has 1 aliphatic rings. The van der Waals surface area contributed by atoms with Gasteiger partial charge in [-0.05, 0) is 37.1 Å². The number of benzene rings is 1. The van der Waals surface area contributed by atoms with Gasteiger partial charge in [-0.3, -0.25) is 0 Å². The molecular weight excluding hydrogens is 305 g/mol. The Hall–Kier alpha value is -1.45. The smallest absolute Gasteiger partial charge is 0.128 e. The van der Waals surface area contributed by atoms with Gasteiger partial charge in [0.1, 0.15) is 5.82 Å². The number of rotatable bonds is 3. The summed E-state index contributed by atoms with van der Waals surface area (Å²) in [4.78, 5) is 6.71. The van der Waals surface area contributed by atoms with Gasteiger partial charge >= 0.3 is 0 Å². The van der Waals surface area contributed by atoms with Crippen molar-refractivity contribution in [2.24, 2.45) is 0 Å². The topological polar surface area (TPSA) is 28.2 Å². The third-order valence-electron chi connectivity index (χ3n) is 3.78. The van der Waals surface area contributed by atoms with Gasteiger partial charge in [-0.25, -0.2) is 4.98 Å². The van der Waals surface area contributed by atoms with E-state index in [0.717, 1.165) is 37.4 Å². The summed E-state index contributed by atoms with van der Waals surface area (Å²) in [6, 6.07) is 12.0. The lowest BCUT2D eigenvalue weighted by Gasteiger charge is -2.33. The van der Waals surface area contributed by atoms with Crippen LogP contribution < -0.4 is 10.2 Å². The molecule has 1 aromatic carbocycles. The zero-order valence-corrected chi connectivity index (χ0v) is 13.1. The first-order valence-electron chi connectivity index (χ1n) is 7.10. The van der Waals surface area contributed by atoms with E-state index in [0.29, 0.717) is 16.1 Å². The van der Waals surface area contributed by atoms with Crippen LogP contribution in [0.15, 0.2) is 42.6 Å². The zero-order chi connectivity index (χ0) is 14.7. The van der Waals surface area contributed by atoms with E-state index in [-0.39, 0.29) is 0 Å². The standard InChI is InChI=1S/C16H17Cl2N3/c17-13-4-3-5-14(18)16(13)20-12-7-10-21(11-8-12)15-6-1-2-9-19-15/h1-6,9,12,20H,7-8,10-11H2. The Bertz CT molecular complexity index is 575. The second kappa shape index (κ2) is 6.54. The Kier molecular flexibility index (Phi) is 4.51. The highest BCUT2D eigenvalue weighted by molar-refractivity contribution is 6.39. The van der Waals surface area contributed by atoms with Crippen molar-refractivity contribution in [1.82, 2.24) is 4.98 Å². The van der Waals surface area contributed by atoms with Crippen LogP contribution in [-0.2, 0) is 0 Å². The van der Waals surface area contributed by atoms with E-state index < -0.39 is 0 Å². The van der Waals surface area contributed by atoms with Crippen molar-refractivity contribution in [2.45, 2.75) is 18.9 Å². The number of hydrogen-bond donors (Lipinski definition) is 1. The number of nitrogens with zero attached hydrogens (tertiary/aromatic N) is 2. The van der Waals surface area contributed by atoms with Crippen molar-refractivity contribution >= 4 is 34.7 Å². The molecule has 1 aromatic heterocycles. The van der Waals surface area contributed by atoms with Crippen LogP contribution in [0, 0.1) is 0 Å². The number of para-hydroxylation sites is 1. The van der Waals surface area contributed by atoms with E-state index in [9.17, 15) is 0 Å². The molecule has 5 heteroatoms. The summed E-state index contributed by atoms with van der Waals surface area (Å²) in [6.07, 6.45) is 3.92. The number of anilines is 2. The predicted molar refractivity (Wildman–Crippen MR) is 89.6 cm³/mol. The van der Waals surface area contributed by atoms with Gasteiger partial charge in [0.25, 0.3) is 0 Å². The summed E-state index contributed by atoms with van der Waals surface area (Å²) >= 11 is 12.4. The molecule has 1 fully saturated rings. The fourth-order valence-corrected chi connectivity index (χ4v) is 3.14. The van der Waals surface area contributed by atoms with Crippen molar-refractivity contribution in [1.29, 1.82) is 0 Å². The fraction of sp³-hybridized carbons (Fsp3) is 0.312. The normalized spacial score (nSPS) is 16.0. The van der Waals surface area contributed by atoms with Crippen LogP contribution in [0.3, 0.4) is 0 Å². The number of halogens is 2. The number of pyridine rings is 1. The van der Waals surface area contributed by atoms with Crippen molar-refractivity contribution in [2.75, 3.05) is 23.3 Å². The van der Waals surface area contributed by atoms with E-state index in [1.54, 1.807) is 0 Å². The van der Waals surface area contributed by atoms with Gasteiger partial charge in [0.15, 0.2) is 0 Å². The molecule has 0 atom stereocenters. The summed E-state index contributed by atoms with van der Waals surface area (Å²) in [7, 11) is 0. The Labute approximate surface area is 134 Å². The number of hydrogen-bond acceptors (Lipinski definition) is 3. The average molecular weight is 322 g/mol. The quantitative estimate of drug-likeness (QED) is 0.904. The highest BCUT2D eigenvalue weighted by Gasteiger charge is 2.21. The molecule has 2 heterocycles. The highest BCUT2D eigenvalue weighted by atomic mass is 35.5. The van der Waals surface area contributed by atoms with Gasteiger partial charge in [0.05, 0.1) is 15.7 Å². The molecule has 1 saturated heterocycles. The van der Waals surface area contributed by atoms with Crippen molar-refractivity contribution in [3.8, 4) is 0 Å². The number of piperidine rings is 1. The summed E-state index contributed by atoms with van der Waals surface area (Å²) < 4.78 is 0. The van der Waals surface area contributed by atoms with E-state index >= 15 is 0 Å². The molecule has 2 aromatic rings. The third kappa shape index (κ3) is 3.42. The van der Waals surface area contributed by atoms with Crippen LogP contribution >= 0.6 is 23.2 Å². The maximum absolute atomic E-state index is 6.21. The van der Waals surface area contributed by atoms with E-state index in [1.165, 1.54) is 0 Å². The van der Waals surface area contributed by atoms with Crippen LogP contribution in [0.5, 0.6) is 0 Å². The van der Waals surface area contributed by atoms with Gasteiger partial charge in [-0.1, -0.05) is 35.3 Å². The number of aromatic nitrogens is 1. The van der Waals surface area contributed by atoms with E-state index in [1.807, 2.05) is 36.5 Å². The van der Waals surface area contributed by atoms with Crippen molar-refractivity contribution in [3.63, 3.8) is 0 Å². The van der Waals surface area contributed by atoms with Gasteiger partial charge < -0.3 is 10.2 Å². The van der Waals surface area contributed by atoms with Gasteiger partial charge in [0.2, 0.25) is 0 Å². The molecule has 21 heavy (non-hydrogen) atoms. The molecule has 0 bridgehead atoms. The largest absolute Gasteiger partial charge is 0.380 e. The second-order valence-electron chi connectivity index (χ2n) is 5.19. The van der Waals surface area contributed by atoms with Crippen molar-refractivity contribution in [3.05, 3.63) is 52.6 Å². The molecule has 110 valence electrons. The minimum absolute atomic E-state index is 0.391. The maximum atomic E-state index is 6.21. The molecule has 3 rings (SSSR count). The summed E-state index contributed by atoms with van der Waals surface area (Å²) in [6.45, 7) is 1.97. The minimum atomic E-state index is 0.391. The molecule has 0 unspecified atom stereocenters. The summed E-state index contributed by atoms with van der Waals surface area (Å²) in [5, 5.41) is 4.83. The molecule has 1 N–H and O–H groups in total. The lowest BCUT2D eigenvalue weighted by Crippen LogP contribution is -2.39. The highest BCUT2D eigenvalue weighted by Crippen LogP contribution is 2.31. The molecule has 0 radical (unpaired) electrons. The maximum Gasteiger partial charge on any atom is 0.128 e. The Morgan fingerprint density at radius 3 is 2.33 bits per heavy atom. The number of nitrogens with one attached hydrogen (secondary N) is 1. The Morgan fingerprint density at radius 1 is 1.00 bits per heavy atom. The van der Waals surface area contributed by atoms with E-state index in [4.69, 9.17) is 23.2 Å². The summed E-state index contributed by atoms with van der Waals surface area (Å²) in [5.74, 6) is 1.05. The van der Waals surface area contributed by atoms with Crippen LogP contribution in [0.1, 0.15) is 12.8 Å². The molecule has 0 amide bonds. The van der Waals surface area contributed by atoms with Crippen LogP contribution in [0.2, 0.25) is 10.0 Å². The van der Waals surface area contributed by atoms with Crippen LogP contribution in [-0.4, -0.2) is 24.1 Å².